The van der Waals surface area contributed by atoms with Gasteiger partial charge in [-0.2, -0.15) is 0 Å². The van der Waals surface area contributed by atoms with E-state index >= 15 is 0 Å². The molecule has 1 aromatic heterocycles. The smallest absolute Gasteiger partial charge is 0.336 e. The maximum Gasteiger partial charge on any atom is 0.336 e. The van der Waals surface area contributed by atoms with Crippen LogP contribution < -0.4 is 10.4 Å². The lowest BCUT2D eigenvalue weighted by molar-refractivity contribution is -0.164. The topological polar surface area (TPSA) is 112 Å². The fourth-order valence-electron chi connectivity index (χ4n) is 5.41. The average Bonchev–Trinajstić information content (AvgIpc) is 3.05. The highest BCUT2D eigenvalue weighted by Crippen LogP contribution is 2.21. The lowest BCUT2D eigenvalue weighted by Gasteiger charge is -2.27. The molecule has 1 N–H and O–H groups in total. The summed E-state index contributed by atoms with van der Waals surface area (Å²) in [4.78, 5) is 36.5. The number of aliphatic hydroxyl groups is 1. The van der Waals surface area contributed by atoms with Crippen molar-refractivity contribution in [3.63, 3.8) is 0 Å². The molecule has 0 fully saturated rings. The summed E-state index contributed by atoms with van der Waals surface area (Å²) in [5.41, 5.74) is -1.64. The Kier molecular flexibility index (Phi) is 20.8. The van der Waals surface area contributed by atoms with Crippen molar-refractivity contribution in [1.29, 1.82) is 0 Å². The van der Waals surface area contributed by atoms with Gasteiger partial charge in [0.05, 0.1) is 6.61 Å². The quantitative estimate of drug-likeness (QED) is 0.0554. The Morgan fingerprint density at radius 3 is 1.63 bits per heavy atom. The Hall–Kier alpha value is -2.87. The van der Waals surface area contributed by atoms with Crippen molar-refractivity contribution in [1.82, 2.24) is 0 Å². The van der Waals surface area contributed by atoms with E-state index in [2.05, 4.69) is 13.8 Å². The standard InChI is InChI=1S/C38H60O8/c1-3-5-7-9-11-13-15-17-19-21-35(39)44-30-38(42,31-45-36(40)22-20-18-16-14-12-10-8-6-4-2)27-28-43-33-25-23-32-24-26-37(41)46-34(32)29-33/h23-26,29,42H,3-22,27-28,30-31H2,1-2H3. The number of benzene rings is 1. The van der Waals surface area contributed by atoms with Gasteiger partial charge >= 0.3 is 17.6 Å². The largest absolute Gasteiger partial charge is 0.493 e. The fraction of sp³-hybridized carbons (Fsp3) is 0.711. The number of fused-ring (bicyclic) bond motifs is 1. The summed E-state index contributed by atoms with van der Waals surface area (Å²) in [7, 11) is 0. The predicted molar refractivity (Wildman–Crippen MR) is 183 cm³/mol. The summed E-state index contributed by atoms with van der Waals surface area (Å²) < 4.78 is 22.0. The van der Waals surface area contributed by atoms with E-state index in [1.165, 1.54) is 83.1 Å². The number of esters is 2. The lowest BCUT2D eigenvalue weighted by Crippen LogP contribution is -2.42. The molecule has 0 bridgehead atoms. The van der Waals surface area contributed by atoms with Gasteiger partial charge in [-0.25, -0.2) is 4.79 Å². The molecule has 2 aromatic rings. The molecule has 0 spiro atoms. The van der Waals surface area contributed by atoms with Crippen LogP contribution >= 0.6 is 0 Å². The first-order valence-electron chi connectivity index (χ1n) is 18.1. The fourth-order valence-corrected chi connectivity index (χ4v) is 5.41. The number of unbranched alkanes of at least 4 members (excludes halogenated alkanes) is 16. The van der Waals surface area contributed by atoms with Crippen LogP contribution in [0.3, 0.4) is 0 Å². The Morgan fingerprint density at radius 2 is 1.13 bits per heavy atom. The van der Waals surface area contributed by atoms with E-state index in [1.807, 2.05) is 0 Å². The molecule has 0 saturated carbocycles. The zero-order chi connectivity index (χ0) is 33.3. The third-order valence-electron chi connectivity index (χ3n) is 8.40. The van der Waals surface area contributed by atoms with Crippen LogP contribution in [0.1, 0.15) is 149 Å². The number of carbonyl (C=O) groups excluding carboxylic acids is 2. The maximum atomic E-state index is 12.5. The predicted octanol–water partition coefficient (Wildman–Crippen LogP) is 9.22. The van der Waals surface area contributed by atoms with Gasteiger partial charge in [-0.05, 0) is 31.0 Å². The summed E-state index contributed by atoms with van der Waals surface area (Å²) in [6, 6.07) is 8.18. The minimum absolute atomic E-state index is 0.0698. The molecule has 8 nitrogen and oxygen atoms in total. The van der Waals surface area contributed by atoms with Crippen LogP contribution in [0.25, 0.3) is 11.0 Å². The van der Waals surface area contributed by atoms with Crippen LogP contribution in [-0.4, -0.2) is 42.5 Å². The maximum absolute atomic E-state index is 12.5. The summed E-state index contributed by atoms with van der Waals surface area (Å²) >= 11 is 0. The number of rotatable bonds is 28. The van der Waals surface area contributed by atoms with Crippen molar-refractivity contribution < 1.29 is 33.3 Å². The Balaban J connectivity index is 1.78. The van der Waals surface area contributed by atoms with Crippen molar-refractivity contribution >= 4 is 22.9 Å². The molecule has 0 aliphatic heterocycles. The molecule has 260 valence electrons. The van der Waals surface area contributed by atoms with Gasteiger partial charge in [-0.15, -0.1) is 0 Å². The molecule has 8 heteroatoms. The molecule has 0 unspecified atom stereocenters. The molecule has 1 aromatic carbocycles. The van der Waals surface area contributed by atoms with Gasteiger partial charge in [0, 0.05) is 36.8 Å². The summed E-state index contributed by atoms with van der Waals surface area (Å²) in [6.07, 6.45) is 21.4. The molecular formula is C38H60O8. The second-order valence-electron chi connectivity index (χ2n) is 12.8. The molecule has 0 atom stereocenters. The highest BCUT2D eigenvalue weighted by molar-refractivity contribution is 5.77. The number of hydrogen-bond donors (Lipinski definition) is 1. The van der Waals surface area contributed by atoms with Crippen molar-refractivity contribution in [2.45, 2.75) is 154 Å². The zero-order valence-corrected chi connectivity index (χ0v) is 28.7. The molecule has 0 aliphatic rings. The van der Waals surface area contributed by atoms with Gasteiger partial charge in [-0.1, -0.05) is 117 Å². The Bertz CT molecular complexity index is 1120. The van der Waals surface area contributed by atoms with Gasteiger partial charge in [0.2, 0.25) is 0 Å². The number of ether oxygens (including phenoxy) is 3. The lowest BCUT2D eigenvalue weighted by atomic mass is 10.0. The van der Waals surface area contributed by atoms with E-state index in [4.69, 9.17) is 18.6 Å². The zero-order valence-electron chi connectivity index (χ0n) is 28.7. The average molecular weight is 645 g/mol. The van der Waals surface area contributed by atoms with E-state index in [9.17, 15) is 19.5 Å². The highest BCUT2D eigenvalue weighted by atomic mass is 16.6. The van der Waals surface area contributed by atoms with Gasteiger partial charge in [0.25, 0.3) is 0 Å². The van der Waals surface area contributed by atoms with E-state index < -0.39 is 11.2 Å². The number of carbonyl (C=O) groups is 2. The van der Waals surface area contributed by atoms with Crippen molar-refractivity contribution in [3.8, 4) is 5.75 Å². The second kappa shape index (κ2) is 24.3. The third-order valence-corrected chi connectivity index (χ3v) is 8.40. The van der Waals surface area contributed by atoms with Gasteiger partial charge in [0.1, 0.15) is 30.1 Å². The van der Waals surface area contributed by atoms with E-state index in [1.54, 1.807) is 24.3 Å². The molecule has 2 rings (SSSR count). The first-order chi connectivity index (χ1) is 22.3. The van der Waals surface area contributed by atoms with Crippen LogP contribution in [0.2, 0.25) is 0 Å². The minimum atomic E-state index is -1.59. The molecule has 0 amide bonds. The van der Waals surface area contributed by atoms with E-state index in [0.717, 1.165) is 43.9 Å². The first kappa shape index (κ1) is 39.3. The Morgan fingerprint density at radius 1 is 0.674 bits per heavy atom. The summed E-state index contributed by atoms with van der Waals surface area (Å²) in [6.45, 7) is 3.93. The normalized spacial score (nSPS) is 11.5. The highest BCUT2D eigenvalue weighted by Gasteiger charge is 2.31. The van der Waals surface area contributed by atoms with E-state index in [0.29, 0.717) is 24.2 Å². The summed E-state index contributed by atoms with van der Waals surface area (Å²) in [5, 5.41) is 12.1. The van der Waals surface area contributed by atoms with Gasteiger partial charge in [-0.3, -0.25) is 9.59 Å². The van der Waals surface area contributed by atoms with Crippen molar-refractivity contribution in [2.75, 3.05) is 19.8 Å². The van der Waals surface area contributed by atoms with Crippen LogP contribution in [0.15, 0.2) is 39.5 Å². The van der Waals surface area contributed by atoms with Crippen LogP contribution in [0.4, 0.5) is 0 Å². The van der Waals surface area contributed by atoms with Gasteiger partial charge in [0.15, 0.2) is 0 Å². The third kappa shape index (κ3) is 18.3. The number of hydrogen-bond acceptors (Lipinski definition) is 8. The van der Waals surface area contributed by atoms with Crippen LogP contribution in [0.5, 0.6) is 5.75 Å². The molecule has 0 aliphatic carbocycles. The SMILES string of the molecule is CCCCCCCCCCCC(=O)OCC(O)(CCOc1ccc2ccc(=O)oc2c1)COC(=O)CCCCCCCCCCC. The molecule has 46 heavy (non-hydrogen) atoms. The van der Waals surface area contributed by atoms with Crippen molar-refractivity contribution in [3.05, 3.63) is 40.8 Å². The van der Waals surface area contributed by atoms with Crippen LogP contribution in [-0.2, 0) is 19.1 Å². The first-order valence-corrected chi connectivity index (χ1v) is 18.1. The second-order valence-corrected chi connectivity index (χ2v) is 12.8. The molecule has 0 saturated heterocycles. The Labute approximate surface area is 276 Å². The minimum Gasteiger partial charge on any atom is -0.493 e. The molecular weight excluding hydrogens is 584 g/mol. The van der Waals surface area contributed by atoms with E-state index in [-0.39, 0.29) is 38.2 Å². The molecule has 0 radical (unpaired) electrons. The van der Waals surface area contributed by atoms with Crippen molar-refractivity contribution in [2.24, 2.45) is 0 Å². The van der Waals surface area contributed by atoms with Crippen LogP contribution in [0, 0.1) is 0 Å². The monoisotopic (exact) mass is 644 g/mol. The summed E-state index contributed by atoms with van der Waals surface area (Å²) in [5.74, 6) is -0.269. The van der Waals surface area contributed by atoms with Gasteiger partial charge < -0.3 is 23.7 Å². The molecule has 1 heterocycles.